The smallest absolute Gasteiger partial charge is 0.338 e. The van der Waals surface area contributed by atoms with Gasteiger partial charge in [0.05, 0.1) is 23.2 Å². The molecule has 3 rings (SSSR count). The van der Waals surface area contributed by atoms with Crippen LogP contribution in [0.1, 0.15) is 26.4 Å². The molecule has 9 nitrogen and oxygen atoms in total. The van der Waals surface area contributed by atoms with Crippen LogP contribution >= 0.6 is 0 Å². The second kappa shape index (κ2) is 8.12. The van der Waals surface area contributed by atoms with Crippen LogP contribution in [0, 0.1) is 10.1 Å². The summed E-state index contributed by atoms with van der Waals surface area (Å²) in [6, 6.07) is 14.1. The van der Waals surface area contributed by atoms with Crippen molar-refractivity contribution in [2.24, 2.45) is 0 Å². The van der Waals surface area contributed by atoms with Crippen LogP contribution in [0.25, 0.3) is 11.3 Å². The van der Waals surface area contributed by atoms with Crippen molar-refractivity contribution in [3.8, 4) is 11.3 Å². The first-order chi connectivity index (χ1) is 13.5. The molecular formula is C19H14N2O7. The first-order valence-electron chi connectivity index (χ1n) is 8.04. The summed E-state index contributed by atoms with van der Waals surface area (Å²) in [5.41, 5.74) is 0.472. The van der Waals surface area contributed by atoms with Crippen molar-refractivity contribution in [2.45, 2.75) is 6.61 Å². The van der Waals surface area contributed by atoms with E-state index in [9.17, 15) is 19.7 Å². The van der Waals surface area contributed by atoms with E-state index in [0.717, 1.165) is 24.8 Å². The average Bonchev–Trinajstić information content (AvgIpc) is 3.20. The minimum atomic E-state index is -0.849. The summed E-state index contributed by atoms with van der Waals surface area (Å²) >= 11 is 0. The van der Waals surface area contributed by atoms with Gasteiger partial charge in [0, 0.05) is 23.8 Å². The molecule has 0 N–H and O–H groups in total. The topological polar surface area (TPSA) is 122 Å². The van der Waals surface area contributed by atoms with Crippen LogP contribution in [0.2, 0.25) is 0 Å². The van der Waals surface area contributed by atoms with Gasteiger partial charge in [-0.1, -0.05) is 35.5 Å². The number of benzene rings is 2. The normalized spacial score (nSPS) is 10.3. The third-order valence-electron chi connectivity index (χ3n) is 3.75. The van der Waals surface area contributed by atoms with Crippen LogP contribution < -0.4 is 0 Å². The number of esters is 2. The predicted molar refractivity (Wildman–Crippen MR) is 95.5 cm³/mol. The Balaban J connectivity index is 1.74. The Labute approximate surface area is 158 Å². The molecule has 0 bridgehead atoms. The number of nitro groups is 1. The van der Waals surface area contributed by atoms with Gasteiger partial charge < -0.3 is 14.0 Å². The summed E-state index contributed by atoms with van der Waals surface area (Å²) in [6.07, 6.45) is 0. The van der Waals surface area contributed by atoms with E-state index in [1.807, 2.05) is 30.3 Å². The van der Waals surface area contributed by atoms with Crippen LogP contribution in [0.3, 0.4) is 0 Å². The van der Waals surface area contributed by atoms with Crippen LogP contribution in [-0.4, -0.2) is 29.1 Å². The number of carbonyl (C=O) groups excluding carboxylic acids is 2. The Morgan fingerprint density at radius 1 is 1.07 bits per heavy atom. The lowest BCUT2D eigenvalue weighted by Crippen LogP contribution is -2.09. The number of hydrogen-bond donors (Lipinski definition) is 0. The fourth-order valence-electron chi connectivity index (χ4n) is 2.41. The Morgan fingerprint density at radius 2 is 1.75 bits per heavy atom. The van der Waals surface area contributed by atoms with Crippen molar-refractivity contribution in [3.05, 3.63) is 81.5 Å². The van der Waals surface area contributed by atoms with E-state index in [1.165, 1.54) is 6.07 Å². The van der Waals surface area contributed by atoms with E-state index in [0.29, 0.717) is 11.5 Å². The number of hydrogen-bond acceptors (Lipinski definition) is 8. The first kappa shape index (κ1) is 18.8. The summed E-state index contributed by atoms with van der Waals surface area (Å²) < 4.78 is 14.9. The zero-order valence-electron chi connectivity index (χ0n) is 14.7. The quantitative estimate of drug-likeness (QED) is 0.361. The maximum Gasteiger partial charge on any atom is 0.338 e. The molecular weight excluding hydrogens is 368 g/mol. The summed E-state index contributed by atoms with van der Waals surface area (Å²) in [5.74, 6) is -1.14. The zero-order valence-corrected chi connectivity index (χ0v) is 14.7. The SMILES string of the molecule is COC(=O)c1cc(C(=O)OCc2cc(-c3ccccc3)on2)cc([N+](=O)[O-])c1. The number of nitro benzene ring substituents is 1. The Hall–Kier alpha value is -4.01. The molecule has 2 aromatic carbocycles. The van der Waals surface area contributed by atoms with Crippen LogP contribution in [0.15, 0.2) is 59.1 Å². The standard InChI is InChI=1S/C19H14N2O7/c1-26-18(22)13-7-14(9-16(8-13)21(24)25)19(23)27-11-15-10-17(28-20-15)12-5-3-2-4-6-12/h2-10H,11H2,1H3. The van der Waals surface area contributed by atoms with Gasteiger partial charge in [0.25, 0.3) is 5.69 Å². The fourth-order valence-corrected chi connectivity index (χ4v) is 2.41. The molecule has 28 heavy (non-hydrogen) atoms. The van der Waals surface area contributed by atoms with Crippen molar-refractivity contribution in [3.63, 3.8) is 0 Å². The second-order valence-corrected chi connectivity index (χ2v) is 5.64. The van der Waals surface area contributed by atoms with E-state index in [1.54, 1.807) is 6.07 Å². The Morgan fingerprint density at radius 3 is 2.39 bits per heavy atom. The molecule has 0 spiro atoms. The van der Waals surface area contributed by atoms with Crippen molar-refractivity contribution in [1.82, 2.24) is 5.16 Å². The van der Waals surface area contributed by atoms with Crippen molar-refractivity contribution >= 4 is 17.6 Å². The number of non-ortho nitro benzene ring substituents is 1. The lowest BCUT2D eigenvalue weighted by atomic mass is 10.1. The number of nitrogens with zero attached hydrogens (tertiary/aromatic N) is 2. The van der Waals surface area contributed by atoms with E-state index in [4.69, 9.17) is 9.26 Å². The molecule has 0 saturated heterocycles. The fraction of sp³-hybridized carbons (Fsp3) is 0.105. The molecule has 0 saturated carbocycles. The summed E-state index contributed by atoms with van der Waals surface area (Å²) in [5, 5.41) is 14.9. The molecule has 0 radical (unpaired) electrons. The molecule has 1 heterocycles. The number of aromatic nitrogens is 1. The van der Waals surface area contributed by atoms with Crippen LogP contribution in [0.4, 0.5) is 5.69 Å². The van der Waals surface area contributed by atoms with Crippen molar-refractivity contribution < 1.29 is 28.5 Å². The maximum atomic E-state index is 12.3. The lowest BCUT2D eigenvalue weighted by molar-refractivity contribution is -0.384. The molecule has 1 aromatic heterocycles. The molecule has 0 aliphatic heterocycles. The molecule has 9 heteroatoms. The number of ether oxygens (including phenoxy) is 2. The van der Waals surface area contributed by atoms with Gasteiger partial charge in [-0.3, -0.25) is 10.1 Å². The monoisotopic (exact) mass is 382 g/mol. The molecule has 0 atom stereocenters. The van der Waals surface area contributed by atoms with E-state index < -0.39 is 22.5 Å². The maximum absolute atomic E-state index is 12.3. The zero-order chi connectivity index (χ0) is 20.1. The van der Waals surface area contributed by atoms with Gasteiger partial charge in [-0.05, 0) is 6.07 Å². The van der Waals surface area contributed by atoms with Gasteiger partial charge in [0.2, 0.25) is 0 Å². The summed E-state index contributed by atoms with van der Waals surface area (Å²) in [6.45, 7) is -0.203. The van der Waals surface area contributed by atoms with Gasteiger partial charge in [-0.15, -0.1) is 0 Å². The highest BCUT2D eigenvalue weighted by molar-refractivity contribution is 5.96. The van der Waals surface area contributed by atoms with Gasteiger partial charge in [-0.25, -0.2) is 9.59 Å². The van der Waals surface area contributed by atoms with E-state index >= 15 is 0 Å². The minimum absolute atomic E-state index is 0.128. The third kappa shape index (κ3) is 4.21. The lowest BCUT2D eigenvalue weighted by Gasteiger charge is -2.05. The average molecular weight is 382 g/mol. The largest absolute Gasteiger partial charge is 0.465 e. The van der Waals surface area contributed by atoms with Gasteiger partial charge in [0.15, 0.2) is 5.76 Å². The number of rotatable bonds is 6. The molecule has 0 aliphatic rings. The predicted octanol–water partition coefficient (Wildman–Crippen LogP) is 3.39. The molecule has 0 fully saturated rings. The summed E-state index contributed by atoms with van der Waals surface area (Å²) in [4.78, 5) is 34.3. The minimum Gasteiger partial charge on any atom is -0.465 e. The highest BCUT2D eigenvalue weighted by atomic mass is 16.6. The number of methoxy groups -OCH3 is 1. The van der Waals surface area contributed by atoms with Gasteiger partial charge in [-0.2, -0.15) is 0 Å². The van der Waals surface area contributed by atoms with E-state index in [-0.39, 0.29) is 17.7 Å². The van der Waals surface area contributed by atoms with Gasteiger partial charge >= 0.3 is 11.9 Å². The van der Waals surface area contributed by atoms with Gasteiger partial charge in [0.1, 0.15) is 12.3 Å². The molecule has 0 amide bonds. The van der Waals surface area contributed by atoms with Crippen molar-refractivity contribution in [1.29, 1.82) is 0 Å². The second-order valence-electron chi connectivity index (χ2n) is 5.64. The molecule has 142 valence electrons. The van der Waals surface area contributed by atoms with Crippen LogP contribution in [-0.2, 0) is 16.1 Å². The molecule has 0 unspecified atom stereocenters. The Bertz CT molecular complexity index is 1030. The Kier molecular flexibility index (Phi) is 5.45. The molecule has 3 aromatic rings. The highest BCUT2D eigenvalue weighted by Gasteiger charge is 2.19. The third-order valence-corrected chi connectivity index (χ3v) is 3.75. The van der Waals surface area contributed by atoms with E-state index in [2.05, 4.69) is 9.89 Å². The van der Waals surface area contributed by atoms with Crippen LogP contribution in [0.5, 0.6) is 0 Å². The summed E-state index contributed by atoms with van der Waals surface area (Å²) in [7, 11) is 1.13. The highest BCUT2D eigenvalue weighted by Crippen LogP contribution is 2.21. The van der Waals surface area contributed by atoms with Crippen molar-refractivity contribution in [2.75, 3.05) is 7.11 Å². The first-order valence-corrected chi connectivity index (χ1v) is 8.04. The number of carbonyl (C=O) groups is 2. The molecule has 0 aliphatic carbocycles.